The Bertz CT molecular complexity index is 987. The number of anilines is 1. The number of amides is 1. The molecule has 9 heteroatoms. The molecule has 0 unspecified atom stereocenters. The summed E-state index contributed by atoms with van der Waals surface area (Å²) in [5, 5.41) is 15.3. The lowest BCUT2D eigenvalue weighted by molar-refractivity contribution is -0.274. The third-order valence-electron chi connectivity index (χ3n) is 3.48. The Kier molecular flexibility index (Phi) is 4.81. The molecule has 136 valence electrons. The first-order chi connectivity index (χ1) is 12.8. The Morgan fingerprint density at radius 3 is 2.33 bits per heavy atom. The lowest BCUT2D eigenvalue weighted by Crippen LogP contribution is -2.19. The molecule has 0 saturated carbocycles. The monoisotopic (exact) mass is 372 g/mol. The van der Waals surface area contributed by atoms with Crippen molar-refractivity contribution >= 4 is 11.7 Å². The molecule has 1 heterocycles. The average Bonchev–Trinajstić information content (AvgIpc) is 3.12. The number of ether oxygens (including phenoxy) is 1. The fourth-order valence-corrected chi connectivity index (χ4v) is 2.24. The first kappa shape index (κ1) is 18.0. The normalized spacial score (nSPS) is 10.9. The van der Waals surface area contributed by atoms with E-state index in [1.807, 2.05) is 6.07 Å². The quantitative estimate of drug-likeness (QED) is 0.739. The molecule has 0 saturated heterocycles. The Morgan fingerprint density at radius 2 is 1.74 bits per heavy atom. The number of carbonyl (C=O) groups is 1. The van der Waals surface area contributed by atoms with Crippen LogP contribution in [0.4, 0.5) is 23.7 Å². The van der Waals surface area contributed by atoms with Crippen LogP contribution in [-0.4, -0.2) is 22.2 Å². The number of aromatic nitrogens is 2. The number of rotatable bonds is 3. The van der Waals surface area contributed by atoms with Crippen molar-refractivity contribution in [3.05, 3.63) is 66.5 Å². The zero-order chi connectivity index (χ0) is 19.4. The van der Waals surface area contributed by atoms with Crippen LogP contribution in [0.15, 0.2) is 60.9 Å². The molecule has 2 aromatic carbocycles. The Hall–Kier alpha value is -3.80. The summed E-state index contributed by atoms with van der Waals surface area (Å²) in [6.07, 6.45) is -1.90. The van der Waals surface area contributed by atoms with E-state index in [4.69, 9.17) is 5.26 Å². The van der Waals surface area contributed by atoms with Crippen molar-refractivity contribution in [1.29, 1.82) is 5.26 Å². The second-order valence-corrected chi connectivity index (χ2v) is 5.37. The maximum absolute atomic E-state index is 12.2. The van der Waals surface area contributed by atoms with Crippen LogP contribution in [0.5, 0.6) is 5.75 Å². The van der Waals surface area contributed by atoms with Crippen molar-refractivity contribution in [2.24, 2.45) is 0 Å². The van der Waals surface area contributed by atoms with Crippen molar-refractivity contribution in [3.63, 3.8) is 0 Å². The van der Waals surface area contributed by atoms with Gasteiger partial charge in [0.25, 0.3) is 0 Å². The third-order valence-corrected chi connectivity index (χ3v) is 3.48. The van der Waals surface area contributed by atoms with E-state index in [1.165, 1.54) is 36.7 Å². The molecular formula is C18H11F3N4O2. The van der Waals surface area contributed by atoms with Crippen LogP contribution in [0.25, 0.3) is 11.1 Å². The molecule has 3 rings (SSSR count). The highest BCUT2D eigenvalue weighted by molar-refractivity contribution is 5.91. The minimum atomic E-state index is -4.75. The van der Waals surface area contributed by atoms with Gasteiger partial charge in [0, 0.05) is 17.4 Å². The second kappa shape index (κ2) is 7.21. The number of benzene rings is 2. The van der Waals surface area contributed by atoms with Crippen molar-refractivity contribution < 1.29 is 22.7 Å². The summed E-state index contributed by atoms with van der Waals surface area (Å²) >= 11 is 0. The van der Waals surface area contributed by atoms with E-state index in [0.717, 1.165) is 4.68 Å². The van der Waals surface area contributed by atoms with E-state index in [-0.39, 0.29) is 5.75 Å². The van der Waals surface area contributed by atoms with Gasteiger partial charge in [-0.3, -0.25) is 0 Å². The summed E-state index contributed by atoms with van der Waals surface area (Å²) in [6.45, 7) is 0. The van der Waals surface area contributed by atoms with Gasteiger partial charge in [-0.2, -0.15) is 15.0 Å². The molecule has 0 bridgehead atoms. The Labute approximate surface area is 151 Å². The largest absolute Gasteiger partial charge is 0.573 e. The highest BCUT2D eigenvalue weighted by Crippen LogP contribution is 2.26. The van der Waals surface area contributed by atoms with Gasteiger partial charge >= 0.3 is 12.4 Å². The number of halogens is 3. The van der Waals surface area contributed by atoms with Crippen molar-refractivity contribution in [3.8, 4) is 22.9 Å². The maximum Gasteiger partial charge on any atom is 0.573 e. The lowest BCUT2D eigenvalue weighted by atomic mass is 10.1. The average molecular weight is 372 g/mol. The maximum atomic E-state index is 12.2. The third kappa shape index (κ3) is 4.64. The van der Waals surface area contributed by atoms with Crippen LogP contribution in [0.1, 0.15) is 5.56 Å². The van der Waals surface area contributed by atoms with E-state index in [9.17, 15) is 18.0 Å². The van der Waals surface area contributed by atoms with Crippen LogP contribution < -0.4 is 10.1 Å². The van der Waals surface area contributed by atoms with Crippen molar-refractivity contribution in [2.45, 2.75) is 6.36 Å². The zero-order valence-corrected chi connectivity index (χ0v) is 13.6. The van der Waals surface area contributed by atoms with Gasteiger partial charge in [-0.15, -0.1) is 13.2 Å². The molecule has 3 aromatic rings. The fraction of sp³-hybridized carbons (Fsp3) is 0.0556. The fourth-order valence-electron chi connectivity index (χ4n) is 2.24. The van der Waals surface area contributed by atoms with Gasteiger partial charge in [0.2, 0.25) is 0 Å². The SMILES string of the molecule is N#Cc1ccc(NC(=O)n2cc(-c3ccc(OC(F)(F)F)cc3)cn2)cc1. The van der Waals surface area contributed by atoms with Crippen LogP contribution in [0.3, 0.4) is 0 Å². The summed E-state index contributed by atoms with van der Waals surface area (Å²) in [7, 11) is 0. The zero-order valence-electron chi connectivity index (χ0n) is 13.6. The molecule has 27 heavy (non-hydrogen) atoms. The minimum absolute atomic E-state index is 0.336. The number of nitrogens with one attached hydrogen (secondary N) is 1. The molecule has 0 spiro atoms. The van der Waals surface area contributed by atoms with Gasteiger partial charge in [0.05, 0.1) is 17.8 Å². The highest BCUT2D eigenvalue weighted by atomic mass is 19.4. The van der Waals surface area contributed by atoms with Crippen LogP contribution in [-0.2, 0) is 0 Å². The number of carbonyl (C=O) groups excluding carboxylic acids is 1. The summed E-state index contributed by atoms with van der Waals surface area (Å²) in [5.74, 6) is -0.336. The number of nitriles is 1. The van der Waals surface area contributed by atoms with Gasteiger partial charge in [0.1, 0.15) is 5.75 Å². The van der Waals surface area contributed by atoms with E-state index in [1.54, 1.807) is 24.3 Å². The molecule has 0 radical (unpaired) electrons. The summed E-state index contributed by atoms with van der Waals surface area (Å²) < 4.78 is 41.4. The minimum Gasteiger partial charge on any atom is -0.406 e. The predicted octanol–water partition coefficient (Wildman–Crippen LogP) is 4.40. The number of alkyl halides is 3. The molecule has 1 N–H and O–H groups in total. The first-order valence-corrected chi connectivity index (χ1v) is 7.56. The molecule has 1 aromatic heterocycles. The summed E-state index contributed by atoms with van der Waals surface area (Å²) in [5.41, 5.74) is 2.07. The van der Waals surface area contributed by atoms with Crippen LogP contribution in [0, 0.1) is 11.3 Å². The van der Waals surface area contributed by atoms with E-state index in [0.29, 0.717) is 22.4 Å². The van der Waals surface area contributed by atoms with Gasteiger partial charge < -0.3 is 10.1 Å². The van der Waals surface area contributed by atoms with Gasteiger partial charge in [-0.05, 0) is 42.0 Å². The smallest absolute Gasteiger partial charge is 0.406 e. The van der Waals surface area contributed by atoms with Crippen LogP contribution in [0.2, 0.25) is 0 Å². The number of hydrogen-bond donors (Lipinski definition) is 1. The first-order valence-electron chi connectivity index (χ1n) is 7.56. The topological polar surface area (TPSA) is 79.9 Å². The molecule has 0 aliphatic heterocycles. The molecule has 0 aliphatic rings. The molecule has 0 fully saturated rings. The summed E-state index contributed by atoms with van der Waals surface area (Å²) in [4.78, 5) is 12.2. The van der Waals surface area contributed by atoms with Gasteiger partial charge in [0.15, 0.2) is 0 Å². The van der Waals surface area contributed by atoms with E-state index in [2.05, 4.69) is 15.2 Å². The molecule has 1 amide bonds. The van der Waals surface area contributed by atoms with E-state index >= 15 is 0 Å². The second-order valence-electron chi connectivity index (χ2n) is 5.37. The molecule has 6 nitrogen and oxygen atoms in total. The van der Waals surface area contributed by atoms with E-state index < -0.39 is 12.4 Å². The van der Waals surface area contributed by atoms with Crippen molar-refractivity contribution in [1.82, 2.24) is 9.78 Å². The molecule has 0 aliphatic carbocycles. The van der Waals surface area contributed by atoms with Gasteiger partial charge in [-0.25, -0.2) is 4.79 Å². The van der Waals surface area contributed by atoms with Gasteiger partial charge in [-0.1, -0.05) is 12.1 Å². The Balaban J connectivity index is 1.70. The molecule has 0 atom stereocenters. The Morgan fingerprint density at radius 1 is 1.07 bits per heavy atom. The summed E-state index contributed by atoms with van der Waals surface area (Å²) in [6, 6.07) is 13.0. The number of nitrogens with zero attached hydrogens (tertiary/aromatic N) is 3. The highest BCUT2D eigenvalue weighted by Gasteiger charge is 2.30. The van der Waals surface area contributed by atoms with Crippen molar-refractivity contribution in [2.75, 3.05) is 5.32 Å². The predicted molar refractivity (Wildman–Crippen MR) is 89.9 cm³/mol. The lowest BCUT2D eigenvalue weighted by Gasteiger charge is -2.08. The molecular weight excluding hydrogens is 361 g/mol. The number of hydrogen-bond acceptors (Lipinski definition) is 4. The standard InChI is InChI=1S/C18H11F3N4O2/c19-18(20,21)27-16-7-3-13(4-8-16)14-10-23-25(11-14)17(26)24-15-5-1-12(9-22)2-6-15/h1-8,10-11H,(H,24,26). The van der Waals surface area contributed by atoms with Crippen LogP contribution >= 0.6 is 0 Å².